The summed E-state index contributed by atoms with van der Waals surface area (Å²) in [7, 11) is 0. The first-order chi connectivity index (χ1) is 3.17. The van der Waals surface area contributed by atoms with Gasteiger partial charge in [0.25, 0.3) is 0 Å². The normalized spacial score (nSPS) is 35.6. The van der Waals surface area contributed by atoms with Gasteiger partial charge in [-0.05, 0) is 12.3 Å². The van der Waals surface area contributed by atoms with Crippen LogP contribution in [0.25, 0.3) is 0 Å². The molecule has 42 valence electrons. The van der Waals surface area contributed by atoms with E-state index < -0.39 is 0 Å². The van der Waals surface area contributed by atoms with Gasteiger partial charge in [0.1, 0.15) is 0 Å². The highest BCUT2D eigenvalue weighted by molar-refractivity contribution is 9.25. The molecular formula is C4H5Br2Cl. The Labute approximate surface area is 64.9 Å². The number of hydrogen-bond acceptors (Lipinski definition) is 0. The Morgan fingerprint density at radius 2 is 2.14 bits per heavy atom. The summed E-state index contributed by atoms with van der Waals surface area (Å²) in [5, 5.41) is 0. The minimum atomic E-state index is 0.210. The summed E-state index contributed by atoms with van der Waals surface area (Å²) in [5.74, 6) is 1.41. The molecule has 1 aliphatic rings. The van der Waals surface area contributed by atoms with Crippen molar-refractivity contribution in [3.63, 3.8) is 0 Å². The first kappa shape index (κ1) is 6.37. The first-order valence-corrected chi connectivity index (χ1v) is 4.22. The van der Waals surface area contributed by atoms with E-state index in [1.165, 1.54) is 0 Å². The fourth-order valence-corrected chi connectivity index (χ4v) is 2.29. The monoisotopic (exact) mass is 246 g/mol. The second-order valence-corrected chi connectivity index (χ2v) is 6.02. The quantitative estimate of drug-likeness (QED) is 0.626. The van der Waals surface area contributed by atoms with Crippen LogP contribution in [0.2, 0.25) is 0 Å². The molecule has 0 bridgehead atoms. The Bertz CT molecular complexity index is 81.8. The molecule has 0 radical (unpaired) electrons. The van der Waals surface area contributed by atoms with E-state index >= 15 is 0 Å². The van der Waals surface area contributed by atoms with Crippen molar-refractivity contribution in [2.24, 2.45) is 5.92 Å². The molecule has 0 heterocycles. The van der Waals surface area contributed by atoms with Crippen molar-refractivity contribution in [3.05, 3.63) is 0 Å². The third-order valence-corrected chi connectivity index (χ3v) is 3.46. The van der Waals surface area contributed by atoms with Crippen LogP contribution in [-0.4, -0.2) is 9.11 Å². The summed E-state index contributed by atoms with van der Waals surface area (Å²) in [5.41, 5.74) is 0. The molecular weight excluding hydrogens is 243 g/mol. The van der Waals surface area contributed by atoms with Crippen LogP contribution in [0, 0.1) is 5.92 Å². The number of halogens is 3. The molecule has 0 aromatic rings. The smallest absolute Gasteiger partial charge is 0.0849 e. The molecule has 0 aliphatic heterocycles. The summed E-state index contributed by atoms with van der Waals surface area (Å²) in [6.07, 6.45) is 1.16. The maximum atomic E-state index is 5.52. The van der Waals surface area contributed by atoms with Crippen LogP contribution in [0.15, 0.2) is 0 Å². The SMILES string of the molecule is ClCC1CC1(Br)Br. The molecule has 3 heteroatoms. The highest BCUT2D eigenvalue weighted by Gasteiger charge is 2.49. The second-order valence-electron chi connectivity index (χ2n) is 1.82. The van der Waals surface area contributed by atoms with E-state index in [9.17, 15) is 0 Å². The van der Waals surface area contributed by atoms with Crippen LogP contribution in [-0.2, 0) is 0 Å². The van der Waals surface area contributed by atoms with Gasteiger partial charge in [-0.1, -0.05) is 31.9 Å². The second kappa shape index (κ2) is 1.89. The fourth-order valence-electron chi connectivity index (χ4n) is 0.437. The molecule has 1 fully saturated rings. The van der Waals surface area contributed by atoms with Gasteiger partial charge < -0.3 is 0 Å². The van der Waals surface area contributed by atoms with Crippen molar-refractivity contribution < 1.29 is 0 Å². The molecule has 0 saturated heterocycles. The maximum Gasteiger partial charge on any atom is 0.0849 e. The summed E-state index contributed by atoms with van der Waals surface area (Å²) < 4.78 is 0.210. The van der Waals surface area contributed by atoms with Crippen LogP contribution in [0.1, 0.15) is 6.42 Å². The van der Waals surface area contributed by atoms with Crippen molar-refractivity contribution in [3.8, 4) is 0 Å². The van der Waals surface area contributed by atoms with E-state index in [1.54, 1.807) is 0 Å². The molecule has 7 heavy (non-hydrogen) atoms. The third-order valence-electron chi connectivity index (χ3n) is 1.14. The topological polar surface area (TPSA) is 0 Å². The fraction of sp³-hybridized carbons (Fsp3) is 1.00. The Kier molecular flexibility index (Phi) is 1.72. The van der Waals surface area contributed by atoms with Gasteiger partial charge in [-0.25, -0.2) is 0 Å². The number of rotatable bonds is 1. The average molecular weight is 248 g/mol. The van der Waals surface area contributed by atoms with Gasteiger partial charge in [-0.3, -0.25) is 0 Å². The molecule has 1 rings (SSSR count). The molecule has 0 spiro atoms. The summed E-state index contributed by atoms with van der Waals surface area (Å²) >= 11 is 12.4. The zero-order valence-electron chi connectivity index (χ0n) is 3.63. The van der Waals surface area contributed by atoms with Crippen molar-refractivity contribution in [2.45, 2.75) is 9.65 Å². The van der Waals surface area contributed by atoms with Crippen LogP contribution in [0.4, 0.5) is 0 Å². The maximum absolute atomic E-state index is 5.52. The highest BCUT2D eigenvalue weighted by Crippen LogP contribution is 2.56. The van der Waals surface area contributed by atoms with Crippen LogP contribution in [0.5, 0.6) is 0 Å². The van der Waals surface area contributed by atoms with E-state index in [0.29, 0.717) is 5.92 Å². The van der Waals surface area contributed by atoms with E-state index in [2.05, 4.69) is 31.9 Å². The largest absolute Gasteiger partial charge is 0.126 e. The number of alkyl halides is 3. The molecule has 1 aliphatic carbocycles. The van der Waals surface area contributed by atoms with Gasteiger partial charge in [0.2, 0.25) is 0 Å². The van der Waals surface area contributed by atoms with Gasteiger partial charge in [-0.15, -0.1) is 11.6 Å². The third kappa shape index (κ3) is 1.33. The molecule has 0 aromatic carbocycles. The Balaban J connectivity index is 2.30. The zero-order chi connectivity index (χ0) is 5.49. The molecule has 0 nitrogen and oxygen atoms in total. The van der Waals surface area contributed by atoms with Gasteiger partial charge in [0, 0.05) is 5.88 Å². The lowest BCUT2D eigenvalue weighted by atomic mass is 10.5. The van der Waals surface area contributed by atoms with E-state index in [4.69, 9.17) is 11.6 Å². The van der Waals surface area contributed by atoms with Gasteiger partial charge in [0.15, 0.2) is 0 Å². The Morgan fingerprint density at radius 3 is 2.14 bits per heavy atom. The Hall–Kier alpha value is 1.25. The van der Waals surface area contributed by atoms with Crippen LogP contribution in [0.3, 0.4) is 0 Å². The Morgan fingerprint density at radius 1 is 1.71 bits per heavy atom. The van der Waals surface area contributed by atoms with Crippen molar-refractivity contribution >= 4 is 43.5 Å². The van der Waals surface area contributed by atoms with E-state index in [-0.39, 0.29) is 3.23 Å². The summed E-state index contributed by atoms with van der Waals surface area (Å²) in [6, 6.07) is 0. The van der Waals surface area contributed by atoms with E-state index in [0.717, 1.165) is 12.3 Å². The minimum absolute atomic E-state index is 0.210. The lowest BCUT2D eigenvalue weighted by Gasteiger charge is -1.89. The van der Waals surface area contributed by atoms with Gasteiger partial charge in [0.05, 0.1) is 3.23 Å². The van der Waals surface area contributed by atoms with Crippen LogP contribution >= 0.6 is 43.5 Å². The predicted octanol–water partition coefficient (Wildman–Crippen LogP) is 2.73. The van der Waals surface area contributed by atoms with E-state index in [1.807, 2.05) is 0 Å². The predicted molar refractivity (Wildman–Crippen MR) is 39.4 cm³/mol. The van der Waals surface area contributed by atoms with Crippen LogP contribution < -0.4 is 0 Å². The van der Waals surface area contributed by atoms with Crippen molar-refractivity contribution in [1.82, 2.24) is 0 Å². The summed E-state index contributed by atoms with van der Waals surface area (Å²) in [4.78, 5) is 0. The zero-order valence-corrected chi connectivity index (χ0v) is 7.55. The summed E-state index contributed by atoms with van der Waals surface area (Å²) in [6.45, 7) is 0. The average Bonchev–Trinajstić information content (AvgIpc) is 2.13. The molecule has 0 amide bonds. The van der Waals surface area contributed by atoms with Crippen molar-refractivity contribution in [1.29, 1.82) is 0 Å². The number of hydrogen-bond donors (Lipinski definition) is 0. The van der Waals surface area contributed by atoms with Gasteiger partial charge >= 0.3 is 0 Å². The lowest BCUT2D eigenvalue weighted by molar-refractivity contribution is 0.991. The van der Waals surface area contributed by atoms with Crippen molar-refractivity contribution in [2.75, 3.05) is 5.88 Å². The molecule has 0 N–H and O–H groups in total. The van der Waals surface area contributed by atoms with Gasteiger partial charge in [-0.2, -0.15) is 0 Å². The molecule has 1 unspecified atom stereocenters. The minimum Gasteiger partial charge on any atom is -0.126 e. The molecule has 1 saturated carbocycles. The first-order valence-electron chi connectivity index (χ1n) is 2.10. The molecule has 1 atom stereocenters. The standard InChI is InChI=1S/C4H5Br2Cl/c5-4(6)1-3(4)2-7/h3H,1-2H2. The lowest BCUT2D eigenvalue weighted by Crippen LogP contribution is -1.87. The highest BCUT2D eigenvalue weighted by atomic mass is 79.9. The molecule has 0 aromatic heterocycles.